The van der Waals surface area contributed by atoms with Gasteiger partial charge in [-0.25, -0.2) is 4.39 Å². The van der Waals surface area contributed by atoms with Crippen LogP contribution in [0, 0.1) is 5.82 Å². The van der Waals surface area contributed by atoms with Crippen LogP contribution < -0.4 is 16.0 Å². The molecule has 2 aromatic rings. The van der Waals surface area contributed by atoms with Crippen molar-refractivity contribution in [1.29, 1.82) is 0 Å². The molecule has 5 nitrogen and oxygen atoms in total. The van der Waals surface area contributed by atoms with Gasteiger partial charge in [-0.05, 0) is 35.4 Å². The average molecular weight is 387 g/mol. The molecule has 2 aromatic carbocycles. The zero-order valence-electron chi connectivity index (χ0n) is 17.2. The molecule has 0 aromatic heterocycles. The minimum Gasteiger partial charge on any atom is -0.383 e. The molecule has 3 N–H and O–H groups in total. The monoisotopic (exact) mass is 386 g/mol. The molecule has 0 aliphatic rings. The van der Waals surface area contributed by atoms with Crippen LogP contribution >= 0.6 is 0 Å². The number of benzene rings is 2. The molecule has 0 fully saturated rings. The summed E-state index contributed by atoms with van der Waals surface area (Å²) in [7, 11) is 3.43. The van der Waals surface area contributed by atoms with Crippen molar-refractivity contribution in [3.8, 4) is 0 Å². The molecule has 0 aliphatic carbocycles. The van der Waals surface area contributed by atoms with Crippen LogP contribution in [0.15, 0.2) is 53.5 Å². The topological polar surface area (TPSA) is 57.7 Å². The summed E-state index contributed by atoms with van der Waals surface area (Å²) < 4.78 is 18.6. The smallest absolute Gasteiger partial charge is 0.191 e. The van der Waals surface area contributed by atoms with Crippen molar-refractivity contribution in [2.75, 3.05) is 39.2 Å². The Hall–Kier alpha value is -2.60. The predicted octanol–water partition coefficient (Wildman–Crippen LogP) is 3.53. The van der Waals surface area contributed by atoms with E-state index in [-0.39, 0.29) is 11.2 Å². The lowest BCUT2D eigenvalue weighted by Gasteiger charge is -2.27. The Morgan fingerprint density at radius 3 is 2.50 bits per heavy atom. The Balaban J connectivity index is 1.84. The van der Waals surface area contributed by atoms with E-state index in [1.54, 1.807) is 26.3 Å². The van der Waals surface area contributed by atoms with E-state index in [4.69, 9.17) is 4.74 Å². The molecule has 0 heterocycles. The number of halogens is 1. The molecular formula is C22H31FN4O. The van der Waals surface area contributed by atoms with Gasteiger partial charge in [-0.2, -0.15) is 0 Å². The van der Waals surface area contributed by atoms with Crippen molar-refractivity contribution in [3.05, 3.63) is 65.5 Å². The maximum Gasteiger partial charge on any atom is 0.191 e. The molecule has 152 valence electrons. The Bertz CT molecular complexity index is 759. The van der Waals surface area contributed by atoms with Gasteiger partial charge in [0.25, 0.3) is 0 Å². The third-order valence-electron chi connectivity index (χ3n) is 4.58. The number of hydrogen-bond donors (Lipinski definition) is 3. The first kappa shape index (κ1) is 21.7. The fourth-order valence-electron chi connectivity index (χ4n) is 2.76. The van der Waals surface area contributed by atoms with Crippen LogP contribution in [0.1, 0.15) is 25.0 Å². The van der Waals surface area contributed by atoms with Gasteiger partial charge in [0.1, 0.15) is 5.82 Å². The number of nitrogens with zero attached hydrogens (tertiary/aromatic N) is 1. The highest BCUT2D eigenvalue weighted by Gasteiger charge is 2.21. The van der Waals surface area contributed by atoms with E-state index >= 15 is 0 Å². The maximum absolute atomic E-state index is 13.5. The largest absolute Gasteiger partial charge is 0.383 e. The van der Waals surface area contributed by atoms with E-state index in [2.05, 4.69) is 59.1 Å². The number of anilines is 1. The van der Waals surface area contributed by atoms with Gasteiger partial charge in [0.2, 0.25) is 0 Å². The van der Waals surface area contributed by atoms with Crippen molar-refractivity contribution in [1.82, 2.24) is 10.6 Å². The quantitative estimate of drug-likeness (QED) is 0.351. The number of nitrogens with one attached hydrogen (secondary N) is 3. The fraction of sp³-hybridized carbons (Fsp3) is 0.409. The second kappa shape index (κ2) is 10.7. The van der Waals surface area contributed by atoms with Crippen LogP contribution in [0.5, 0.6) is 0 Å². The zero-order valence-corrected chi connectivity index (χ0v) is 17.2. The number of ether oxygens (including phenoxy) is 1. The van der Waals surface area contributed by atoms with Gasteiger partial charge in [0.15, 0.2) is 5.96 Å². The van der Waals surface area contributed by atoms with E-state index in [1.165, 1.54) is 6.07 Å². The van der Waals surface area contributed by atoms with E-state index in [0.717, 1.165) is 23.4 Å². The molecule has 0 aliphatic heterocycles. The number of hydrogen-bond acceptors (Lipinski definition) is 3. The second-order valence-electron chi connectivity index (χ2n) is 7.29. The highest BCUT2D eigenvalue weighted by molar-refractivity contribution is 5.79. The molecule has 0 spiro atoms. The average Bonchev–Trinajstić information content (AvgIpc) is 2.69. The predicted molar refractivity (Wildman–Crippen MR) is 114 cm³/mol. The van der Waals surface area contributed by atoms with Crippen molar-refractivity contribution < 1.29 is 9.13 Å². The van der Waals surface area contributed by atoms with Crippen LogP contribution in [0.2, 0.25) is 0 Å². The van der Waals surface area contributed by atoms with E-state index in [9.17, 15) is 4.39 Å². The van der Waals surface area contributed by atoms with Gasteiger partial charge < -0.3 is 20.7 Å². The van der Waals surface area contributed by atoms with Gasteiger partial charge >= 0.3 is 0 Å². The summed E-state index contributed by atoms with van der Waals surface area (Å²) >= 11 is 0. The Labute approximate surface area is 167 Å². The van der Waals surface area contributed by atoms with Crippen molar-refractivity contribution in [2.24, 2.45) is 4.99 Å². The third-order valence-corrected chi connectivity index (χ3v) is 4.58. The highest BCUT2D eigenvalue weighted by Crippen LogP contribution is 2.22. The standard InChI is InChI=1S/C22H31FN4O/c1-22(2,18-6-5-7-19(23)14-18)16-27-21(24-3)26-15-17-8-10-20(11-9-17)25-12-13-28-4/h5-11,14,25H,12-13,15-16H2,1-4H3,(H2,24,26,27). The summed E-state index contributed by atoms with van der Waals surface area (Å²) in [6.07, 6.45) is 0. The molecule has 0 radical (unpaired) electrons. The first-order valence-corrected chi connectivity index (χ1v) is 9.47. The Kier molecular flexibility index (Phi) is 8.26. The van der Waals surface area contributed by atoms with Crippen LogP contribution in [0.4, 0.5) is 10.1 Å². The molecule has 0 saturated carbocycles. The lowest BCUT2D eigenvalue weighted by Crippen LogP contribution is -2.43. The number of methoxy groups -OCH3 is 1. The van der Waals surface area contributed by atoms with Crippen LogP contribution in [-0.4, -0.2) is 39.8 Å². The SMILES string of the molecule is CN=C(NCc1ccc(NCCOC)cc1)NCC(C)(C)c1cccc(F)c1. The van der Waals surface area contributed by atoms with Crippen LogP contribution in [0.25, 0.3) is 0 Å². The van der Waals surface area contributed by atoms with Crippen LogP contribution in [0.3, 0.4) is 0 Å². The van der Waals surface area contributed by atoms with E-state index in [0.29, 0.717) is 25.7 Å². The minimum atomic E-state index is -0.227. The van der Waals surface area contributed by atoms with Crippen molar-refractivity contribution in [2.45, 2.75) is 25.8 Å². The summed E-state index contributed by atoms with van der Waals surface area (Å²) in [5, 5.41) is 9.95. The fourth-order valence-corrected chi connectivity index (χ4v) is 2.76. The van der Waals surface area contributed by atoms with Gasteiger partial charge in [0.05, 0.1) is 6.61 Å². The normalized spacial score (nSPS) is 12.0. The Morgan fingerprint density at radius 1 is 1.11 bits per heavy atom. The van der Waals surface area contributed by atoms with Gasteiger partial charge in [-0.15, -0.1) is 0 Å². The first-order valence-electron chi connectivity index (χ1n) is 9.47. The lowest BCUT2D eigenvalue weighted by molar-refractivity contribution is 0.211. The third kappa shape index (κ3) is 6.85. The molecule has 0 unspecified atom stereocenters. The highest BCUT2D eigenvalue weighted by atomic mass is 19.1. The molecular weight excluding hydrogens is 355 g/mol. The summed E-state index contributed by atoms with van der Waals surface area (Å²) in [6, 6.07) is 15.0. The zero-order chi connectivity index (χ0) is 20.4. The van der Waals surface area contributed by atoms with Gasteiger partial charge in [-0.3, -0.25) is 4.99 Å². The van der Waals surface area contributed by atoms with Crippen molar-refractivity contribution >= 4 is 11.6 Å². The molecule has 0 bridgehead atoms. The van der Waals surface area contributed by atoms with Gasteiger partial charge in [0, 0.05) is 44.9 Å². The summed E-state index contributed by atoms with van der Waals surface area (Å²) in [4.78, 5) is 4.28. The molecule has 6 heteroatoms. The Morgan fingerprint density at radius 2 is 1.86 bits per heavy atom. The number of guanidine groups is 1. The molecule has 28 heavy (non-hydrogen) atoms. The summed E-state index contributed by atoms with van der Waals surface area (Å²) in [5.41, 5.74) is 2.95. The summed E-state index contributed by atoms with van der Waals surface area (Å²) in [6.45, 7) is 6.93. The molecule has 2 rings (SSSR count). The lowest BCUT2D eigenvalue weighted by atomic mass is 9.84. The van der Waals surface area contributed by atoms with Gasteiger partial charge in [-0.1, -0.05) is 38.1 Å². The molecule has 0 amide bonds. The van der Waals surface area contributed by atoms with E-state index in [1.807, 2.05) is 6.07 Å². The second-order valence-corrected chi connectivity index (χ2v) is 7.29. The first-order chi connectivity index (χ1) is 13.4. The number of aliphatic imine (C=N–C) groups is 1. The number of rotatable bonds is 9. The molecule has 0 atom stereocenters. The van der Waals surface area contributed by atoms with E-state index < -0.39 is 0 Å². The minimum absolute atomic E-state index is 0.215. The molecule has 0 saturated heterocycles. The van der Waals surface area contributed by atoms with Crippen molar-refractivity contribution in [3.63, 3.8) is 0 Å². The van der Waals surface area contributed by atoms with Crippen LogP contribution in [-0.2, 0) is 16.7 Å². The maximum atomic E-state index is 13.5. The summed E-state index contributed by atoms with van der Waals surface area (Å²) in [5.74, 6) is 0.500.